The molecule has 1 amide bonds. The normalized spacial score (nSPS) is 16.7. The summed E-state index contributed by atoms with van der Waals surface area (Å²) in [6, 6.07) is 13.5. The molecule has 3 aromatic rings. The van der Waals surface area contributed by atoms with Gasteiger partial charge in [-0.25, -0.2) is 0 Å². The summed E-state index contributed by atoms with van der Waals surface area (Å²) in [6.45, 7) is 3.77. The highest BCUT2D eigenvalue weighted by Crippen LogP contribution is 2.34. The number of methoxy groups -OCH3 is 1. The summed E-state index contributed by atoms with van der Waals surface area (Å²) in [5, 5.41) is 4.77. The average molecular weight is 412 g/mol. The zero-order valence-electron chi connectivity index (χ0n) is 16.7. The van der Waals surface area contributed by atoms with Crippen LogP contribution in [0.4, 0.5) is 5.69 Å². The molecule has 0 spiro atoms. The van der Waals surface area contributed by atoms with E-state index < -0.39 is 0 Å². The van der Waals surface area contributed by atoms with E-state index in [-0.39, 0.29) is 11.9 Å². The molecule has 0 aliphatic carbocycles. The number of H-pyrrole nitrogens is 1. The zero-order chi connectivity index (χ0) is 20.4. The van der Waals surface area contributed by atoms with Crippen molar-refractivity contribution in [2.45, 2.75) is 31.7 Å². The second-order valence-electron chi connectivity index (χ2n) is 7.61. The van der Waals surface area contributed by atoms with Crippen LogP contribution >= 0.6 is 11.6 Å². The highest BCUT2D eigenvalue weighted by Gasteiger charge is 2.28. The molecule has 4 rings (SSSR count). The van der Waals surface area contributed by atoms with Gasteiger partial charge in [-0.15, -0.1) is 0 Å². The lowest BCUT2D eigenvalue weighted by atomic mass is 9.88. The van der Waals surface area contributed by atoms with Crippen LogP contribution in [0.15, 0.2) is 48.7 Å². The Labute approximate surface area is 176 Å². The van der Waals surface area contributed by atoms with Crippen LogP contribution in [0.25, 0.3) is 10.9 Å². The van der Waals surface area contributed by atoms with Gasteiger partial charge in [0, 0.05) is 22.8 Å². The van der Waals surface area contributed by atoms with Gasteiger partial charge in [0.05, 0.1) is 18.2 Å². The van der Waals surface area contributed by atoms with Crippen molar-refractivity contribution in [1.29, 1.82) is 0 Å². The number of para-hydroxylation sites is 1. The second kappa shape index (κ2) is 8.47. The van der Waals surface area contributed by atoms with Crippen LogP contribution in [-0.4, -0.2) is 42.0 Å². The van der Waals surface area contributed by atoms with Gasteiger partial charge >= 0.3 is 0 Å². The van der Waals surface area contributed by atoms with Crippen LogP contribution in [0.2, 0.25) is 5.02 Å². The Balaban J connectivity index is 1.36. The van der Waals surface area contributed by atoms with Crippen molar-refractivity contribution >= 4 is 34.1 Å². The number of hydrogen-bond donors (Lipinski definition) is 2. The fourth-order valence-electron chi connectivity index (χ4n) is 4.19. The maximum atomic E-state index is 12.7. The summed E-state index contributed by atoms with van der Waals surface area (Å²) in [4.78, 5) is 18.4. The van der Waals surface area contributed by atoms with Crippen LogP contribution in [0.3, 0.4) is 0 Å². The number of amides is 1. The first-order valence-corrected chi connectivity index (χ1v) is 10.4. The Bertz CT molecular complexity index is 1010. The number of aromatic nitrogens is 1. The summed E-state index contributed by atoms with van der Waals surface area (Å²) in [6.07, 6.45) is 4.25. The molecule has 1 aliphatic heterocycles. The Hall–Kier alpha value is -2.50. The topological polar surface area (TPSA) is 57.4 Å². The Morgan fingerprint density at radius 1 is 1.24 bits per heavy atom. The number of benzene rings is 2. The first-order valence-electron chi connectivity index (χ1n) is 10.0. The highest BCUT2D eigenvalue weighted by atomic mass is 35.5. The molecule has 152 valence electrons. The molecule has 29 heavy (non-hydrogen) atoms. The van der Waals surface area contributed by atoms with E-state index in [9.17, 15) is 4.79 Å². The molecule has 1 saturated heterocycles. The molecule has 1 fully saturated rings. The monoisotopic (exact) mass is 411 g/mol. The number of fused-ring (bicyclic) bond motifs is 1. The van der Waals surface area contributed by atoms with Crippen LogP contribution in [0, 0.1) is 0 Å². The predicted octanol–water partition coefficient (Wildman–Crippen LogP) is 5.04. The highest BCUT2D eigenvalue weighted by molar-refractivity contribution is 6.32. The maximum Gasteiger partial charge on any atom is 0.241 e. The number of carbonyl (C=O) groups is 1. The van der Waals surface area contributed by atoms with E-state index in [1.165, 1.54) is 16.5 Å². The number of anilines is 1. The number of halogens is 1. The molecule has 1 aromatic heterocycles. The van der Waals surface area contributed by atoms with E-state index in [0.717, 1.165) is 25.9 Å². The van der Waals surface area contributed by atoms with Gasteiger partial charge in [0.15, 0.2) is 0 Å². The number of hydrogen-bond acceptors (Lipinski definition) is 3. The smallest absolute Gasteiger partial charge is 0.241 e. The summed E-state index contributed by atoms with van der Waals surface area (Å²) < 4.78 is 5.16. The fraction of sp³-hybridized carbons (Fsp3) is 0.348. The molecule has 0 saturated carbocycles. The number of ether oxygens (including phenoxy) is 1. The van der Waals surface area contributed by atoms with Crippen LogP contribution in [-0.2, 0) is 4.79 Å². The van der Waals surface area contributed by atoms with Gasteiger partial charge in [0.25, 0.3) is 0 Å². The molecule has 1 atom stereocenters. The van der Waals surface area contributed by atoms with Gasteiger partial charge in [-0.1, -0.05) is 29.8 Å². The van der Waals surface area contributed by atoms with Gasteiger partial charge < -0.3 is 15.0 Å². The van der Waals surface area contributed by atoms with Crippen LogP contribution in [0.1, 0.15) is 31.2 Å². The number of rotatable bonds is 5. The molecular formula is C23H26ClN3O2. The largest absolute Gasteiger partial charge is 0.495 e. The first-order chi connectivity index (χ1) is 14.1. The first kappa shape index (κ1) is 19.8. The molecule has 2 heterocycles. The van der Waals surface area contributed by atoms with Gasteiger partial charge in [0.1, 0.15) is 5.75 Å². The summed E-state index contributed by atoms with van der Waals surface area (Å²) in [7, 11) is 1.57. The minimum atomic E-state index is -0.195. The van der Waals surface area contributed by atoms with Gasteiger partial charge in [-0.2, -0.15) is 0 Å². The lowest BCUT2D eigenvalue weighted by Crippen LogP contribution is -2.45. The number of nitrogens with zero attached hydrogens (tertiary/aromatic N) is 1. The number of aromatic amines is 1. The van der Waals surface area contributed by atoms with E-state index in [0.29, 0.717) is 22.4 Å². The van der Waals surface area contributed by atoms with E-state index in [1.54, 1.807) is 25.3 Å². The zero-order valence-corrected chi connectivity index (χ0v) is 17.5. The molecule has 1 aliphatic rings. The third kappa shape index (κ3) is 4.11. The summed E-state index contributed by atoms with van der Waals surface area (Å²) in [5.41, 5.74) is 3.27. The van der Waals surface area contributed by atoms with Crippen molar-refractivity contribution in [3.8, 4) is 5.75 Å². The second-order valence-corrected chi connectivity index (χ2v) is 8.02. The number of piperidine rings is 1. The van der Waals surface area contributed by atoms with Gasteiger partial charge in [0.2, 0.25) is 5.91 Å². The lowest BCUT2D eigenvalue weighted by Gasteiger charge is -2.35. The molecule has 6 heteroatoms. The third-order valence-electron chi connectivity index (χ3n) is 5.94. The predicted molar refractivity (Wildman–Crippen MR) is 118 cm³/mol. The molecule has 0 radical (unpaired) electrons. The molecule has 2 N–H and O–H groups in total. The van der Waals surface area contributed by atoms with E-state index in [1.807, 2.05) is 6.92 Å². The van der Waals surface area contributed by atoms with Crippen LogP contribution in [0.5, 0.6) is 5.75 Å². The van der Waals surface area contributed by atoms with Crippen molar-refractivity contribution in [3.63, 3.8) is 0 Å². The maximum absolute atomic E-state index is 12.7. The molecule has 0 unspecified atom stereocenters. The number of likely N-dealkylation sites (tertiary alicyclic amines) is 1. The van der Waals surface area contributed by atoms with Crippen molar-refractivity contribution in [3.05, 3.63) is 59.2 Å². The summed E-state index contributed by atoms with van der Waals surface area (Å²) in [5.74, 6) is 1.10. The number of nitrogens with one attached hydrogen (secondary N) is 2. The van der Waals surface area contributed by atoms with Crippen molar-refractivity contribution < 1.29 is 9.53 Å². The molecule has 5 nitrogen and oxygen atoms in total. The SMILES string of the molecule is COc1ccc(NC(=O)[C@H](C)N2CCC(c3c[nH]c4ccccc34)CC2)cc1Cl. The Morgan fingerprint density at radius 2 is 2.00 bits per heavy atom. The van der Waals surface area contributed by atoms with Crippen molar-refractivity contribution in [1.82, 2.24) is 9.88 Å². The van der Waals surface area contributed by atoms with Gasteiger partial charge in [-0.05, 0) is 68.6 Å². The minimum Gasteiger partial charge on any atom is -0.495 e. The lowest BCUT2D eigenvalue weighted by molar-refractivity contribution is -0.121. The van der Waals surface area contributed by atoms with E-state index in [4.69, 9.17) is 16.3 Å². The van der Waals surface area contributed by atoms with Crippen molar-refractivity contribution in [2.75, 3.05) is 25.5 Å². The molecule has 0 bridgehead atoms. The average Bonchev–Trinajstić information content (AvgIpc) is 3.17. The van der Waals surface area contributed by atoms with Crippen molar-refractivity contribution in [2.24, 2.45) is 0 Å². The molecular weight excluding hydrogens is 386 g/mol. The standard InChI is InChI=1S/C23H26ClN3O2/c1-15(23(28)26-17-7-8-22(29-2)20(24)13-17)27-11-9-16(10-12-27)19-14-25-21-6-4-3-5-18(19)21/h3-8,13-16,25H,9-12H2,1-2H3,(H,26,28)/t15-/m0/s1. The Morgan fingerprint density at radius 3 is 2.72 bits per heavy atom. The fourth-order valence-corrected chi connectivity index (χ4v) is 4.44. The van der Waals surface area contributed by atoms with Gasteiger partial charge in [-0.3, -0.25) is 9.69 Å². The summed E-state index contributed by atoms with van der Waals surface area (Å²) >= 11 is 6.16. The van der Waals surface area contributed by atoms with E-state index >= 15 is 0 Å². The van der Waals surface area contributed by atoms with Crippen LogP contribution < -0.4 is 10.1 Å². The number of carbonyl (C=O) groups excluding carboxylic acids is 1. The quantitative estimate of drug-likeness (QED) is 0.618. The minimum absolute atomic E-state index is 0.0169. The third-order valence-corrected chi connectivity index (χ3v) is 6.23. The van der Waals surface area contributed by atoms with E-state index in [2.05, 4.69) is 45.7 Å². The molecule has 2 aromatic carbocycles. The Kier molecular flexibility index (Phi) is 5.79.